The van der Waals surface area contributed by atoms with Gasteiger partial charge in [-0.25, -0.2) is 4.98 Å². The summed E-state index contributed by atoms with van der Waals surface area (Å²) < 4.78 is 37.9. The van der Waals surface area contributed by atoms with Crippen LogP contribution in [-0.2, 0) is 12.6 Å². The summed E-state index contributed by atoms with van der Waals surface area (Å²) in [7, 11) is 0. The molecule has 0 saturated heterocycles. The molecule has 3 nitrogen and oxygen atoms in total. The molecule has 0 atom stereocenters. The molecular formula is C13H11BrF3N3. The van der Waals surface area contributed by atoms with E-state index in [4.69, 9.17) is 0 Å². The number of alkyl halides is 3. The first-order chi connectivity index (χ1) is 9.41. The van der Waals surface area contributed by atoms with Gasteiger partial charge in [0.2, 0.25) is 0 Å². The fourth-order valence-electron chi connectivity index (χ4n) is 1.65. The minimum atomic E-state index is -4.41. The highest BCUT2D eigenvalue weighted by molar-refractivity contribution is 9.10. The van der Waals surface area contributed by atoms with Gasteiger partial charge in [0.05, 0.1) is 21.4 Å². The lowest BCUT2D eigenvalue weighted by atomic mass is 10.2. The molecule has 2 rings (SSSR count). The molecule has 0 radical (unpaired) electrons. The number of nitrogens with zero attached hydrogens (tertiary/aromatic N) is 2. The number of aromatic nitrogens is 2. The number of aryl methyl sites for hydroxylation is 1. The van der Waals surface area contributed by atoms with Gasteiger partial charge < -0.3 is 5.32 Å². The Morgan fingerprint density at radius 3 is 2.65 bits per heavy atom. The molecular weight excluding hydrogens is 335 g/mol. The molecule has 1 N–H and O–H groups in total. The van der Waals surface area contributed by atoms with Crippen molar-refractivity contribution in [3.05, 3.63) is 46.3 Å². The van der Waals surface area contributed by atoms with Crippen LogP contribution in [0.2, 0.25) is 0 Å². The van der Waals surface area contributed by atoms with Crippen LogP contribution >= 0.6 is 15.9 Å². The van der Waals surface area contributed by atoms with E-state index < -0.39 is 11.7 Å². The van der Waals surface area contributed by atoms with E-state index in [0.717, 1.165) is 23.6 Å². The Morgan fingerprint density at radius 2 is 2.05 bits per heavy atom. The van der Waals surface area contributed by atoms with Crippen molar-refractivity contribution in [2.75, 3.05) is 5.32 Å². The van der Waals surface area contributed by atoms with Crippen molar-refractivity contribution in [1.29, 1.82) is 0 Å². The van der Waals surface area contributed by atoms with Gasteiger partial charge in [-0.2, -0.15) is 13.2 Å². The number of nitrogens with one attached hydrogen (secondary N) is 1. The predicted molar refractivity (Wildman–Crippen MR) is 73.8 cm³/mol. The lowest BCUT2D eigenvalue weighted by Crippen LogP contribution is -2.07. The number of rotatable bonds is 3. The normalized spacial score (nSPS) is 11.4. The molecule has 0 amide bonds. The molecule has 0 unspecified atom stereocenters. The molecule has 0 fully saturated rings. The van der Waals surface area contributed by atoms with Crippen LogP contribution in [0.15, 0.2) is 35.1 Å². The number of anilines is 2. The van der Waals surface area contributed by atoms with E-state index in [1.807, 2.05) is 6.92 Å². The van der Waals surface area contributed by atoms with Crippen LogP contribution in [-0.4, -0.2) is 9.97 Å². The van der Waals surface area contributed by atoms with E-state index in [9.17, 15) is 13.2 Å². The van der Waals surface area contributed by atoms with Crippen molar-refractivity contribution in [3.63, 3.8) is 0 Å². The van der Waals surface area contributed by atoms with Gasteiger partial charge in [0.25, 0.3) is 0 Å². The van der Waals surface area contributed by atoms with Gasteiger partial charge >= 0.3 is 6.18 Å². The highest BCUT2D eigenvalue weighted by Crippen LogP contribution is 2.33. The maximum atomic E-state index is 12.6. The van der Waals surface area contributed by atoms with Gasteiger partial charge in [-0.1, -0.05) is 6.92 Å². The minimum absolute atomic E-state index is 0.248. The Balaban J connectivity index is 2.31. The van der Waals surface area contributed by atoms with Crippen molar-refractivity contribution in [2.45, 2.75) is 19.5 Å². The highest BCUT2D eigenvalue weighted by atomic mass is 79.9. The largest absolute Gasteiger partial charge is 0.417 e. The Kier molecular flexibility index (Phi) is 4.27. The van der Waals surface area contributed by atoms with Crippen LogP contribution in [0.25, 0.3) is 0 Å². The van der Waals surface area contributed by atoms with Gasteiger partial charge in [-0.05, 0) is 40.5 Å². The molecule has 2 heterocycles. The van der Waals surface area contributed by atoms with Crippen LogP contribution in [0, 0.1) is 0 Å². The molecule has 20 heavy (non-hydrogen) atoms. The molecule has 0 aliphatic rings. The van der Waals surface area contributed by atoms with Gasteiger partial charge in [0.1, 0.15) is 5.82 Å². The van der Waals surface area contributed by atoms with E-state index in [1.54, 1.807) is 18.3 Å². The third kappa shape index (κ3) is 3.27. The number of hydrogen-bond acceptors (Lipinski definition) is 3. The summed E-state index contributed by atoms with van der Waals surface area (Å²) in [5.74, 6) is 0.320. The molecule has 0 aliphatic heterocycles. The summed E-state index contributed by atoms with van der Waals surface area (Å²) in [6.45, 7) is 1.95. The van der Waals surface area contributed by atoms with Crippen molar-refractivity contribution in [3.8, 4) is 0 Å². The number of hydrogen-bond donors (Lipinski definition) is 1. The Morgan fingerprint density at radius 1 is 1.30 bits per heavy atom. The first-order valence-electron chi connectivity index (χ1n) is 5.85. The van der Waals surface area contributed by atoms with Crippen LogP contribution < -0.4 is 5.32 Å². The Labute approximate surface area is 122 Å². The van der Waals surface area contributed by atoms with Crippen molar-refractivity contribution in [2.24, 2.45) is 0 Å². The average molecular weight is 346 g/mol. The molecule has 0 bridgehead atoms. The second kappa shape index (κ2) is 5.78. The van der Waals surface area contributed by atoms with Crippen LogP contribution in [0.5, 0.6) is 0 Å². The fraction of sp³-hybridized carbons (Fsp3) is 0.231. The van der Waals surface area contributed by atoms with Crippen LogP contribution in [0.3, 0.4) is 0 Å². The molecule has 106 valence electrons. The summed E-state index contributed by atoms with van der Waals surface area (Å²) in [6.07, 6.45) is -1.23. The van der Waals surface area contributed by atoms with Gasteiger partial charge in [-0.15, -0.1) is 0 Å². The SMILES string of the molecule is CCc1ncccc1Nc1ncc(C(F)(F)F)cc1Br. The lowest BCUT2D eigenvalue weighted by Gasteiger charge is -2.12. The molecule has 0 spiro atoms. The molecule has 7 heteroatoms. The molecule has 2 aromatic heterocycles. The summed E-state index contributed by atoms with van der Waals surface area (Å²) in [4.78, 5) is 8.00. The summed E-state index contributed by atoms with van der Waals surface area (Å²) in [6, 6.07) is 4.55. The first kappa shape index (κ1) is 14.8. The van der Waals surface area contributed by atoms with Gasteiger partial charge in [0, 0.05) is 12.4 Å². The lowest BCUT2D eigenvalue weighted by molar-refractivity contribution is -0.137. The third-order valence-corrected chi connectivity index (χ3v) is 3.25. The van der Waals surface area contributed by atoms with Crippen LogP contribution in [0.1, 0.15) is 18.2 Å². The zero-order valence-corrected chi connectivity index (χ0v) is 12.1. The molecule has 0 aliphatic carbocycles. The average Bonchev–Trinajstić information content (AvgIpc) is 2.40. The van der Waals surface area contributed by atoms with E-state index in [0.29, 0.717) is 12.2 Å². The minimum Gasteiger partial charge on any atom is -0.338 e. The summed E-state index contributed by atoms with van der Waals surface area (Å²) >= 11 is 3.10. The van der Waals surface area contributed by atoms with Crippen LogP contribution in [0.4, 0.5) is 24.7 Å². The molecule has 0 aromatic carbocycles. The second-order valence-corrected chi connectivity index (χ2v) is 4.88. The fourth-order valence-corrected chi connectivity index (χ4v) is 2.09. The topological polar surface area (TPSA) is 37.8 Å². The van der Waals surface area contributed by atoms with Gasteiger partial charge in [0.15, 0.2) is 0 Å². The summed E-state index contributed by atoms with van der Waals surface area (Å²) in [5, 5.41) is 2.98. The quantitative estimate of drug-likeness (QED) is 0.885. The zero-order valence-electron chi connectivity index (χ0n) is 10.5. The Hall–Kier alpha value is -1.63. The van der Waals surface area contributed by atoms with E-state index >= 15 is 0 Å². The van der Waals surface area contributed by atoms with Gasteiger partial charge in [-0.3, -0.25) is 4.98 Å². The molecule has 2 aromatic rings. The molecule has 0 saturated carbocycles. The van der Waals surface area contributed by atoms with Crippen molar-refractivity contribution < 1.29 is 13.2 Å². The van der Waals surface area contributed by atoms with E-state index in [2.05, 4.69) is 31.2 Å². The number of pyridine rings is 2. The maximum Gasteiger partial charge on any atom is 0.417 e. The zero-order chi connectivity index (χ0) is 14.8. The standard InChI is InChI=1S/C13H11BrF3N3/c1-2-10-11(4-3-5-18-10)20-12-9(14)6-8(7-19-12)13(15,16)17/h3-7H,2H2,1H3,(H,19,20). The van der Waals surface area contributed by atoms with E-state index in [1.165, 1.54) is 0 Å². The Bertz CT molecular complexity index is 614. The second-order valence-electron chi connectivity index (χ2n) is 4.03. The first-order valence-corrected chi connectivity index (χ1v) is 6.64. The van der Waals surface area contributed by atoms with Crippen molar-refractivity contribution in [1.82, 2.24) is 9.97 Å². The predicted octanol–water partition coefficient (Wildman–Crippen LogP) is 4.56. The monoisotopic (exact) mass is 345 g/mol. The highest BCUT2D eigenvalue weighted by Gasteiger charge is 2.31. The maximum absolute atomic E-state index is 12.6. The van der Waals surface area contributed by atoms with Crippen molar-refractivity contribution >= 4 is 27.4 Å². The smallest absolute Gasteiger partial charge is 0.338 e. The number of halogens is 4. The third-order valence-electron chi connectivity index (χ3n) is 2.65. The van der Waals surface area contributed by atoms with E-state index in [-0.39, 0.29) is 4.47 Å². The summed E-state index contributed by atoms with van der Waals surface area (Å²) in [5.41, 5.74) is 0.751.